The molecule has 3 rings (SSSR count). The SMILES string of the molecule is CCNC(=O)C(CC)N(Cc1ccc(Cl)cc1)C(=O)CN(c1cc(OC)ccc1OC)S(=O)(=O)c1ccc(OC)c(OC)c1. The van der Waals surface area contributed by atoms with Gasteiger partial charge in [0.15, 0.2) is 11.5 Å². The van der Waals surface area contributed by atoms with Crippen molar-refractivity contribution >= 4 is 39.1 Å². The van der Waals surface area contributed by atoms with Gasteiger partial charge in [-0.2, -0.15) is 0 Å². The third-order valence-electron chi connectivity index (χ3n) is 6.88. The smallest absolute Gasteiger partial charge is 0.265 e. The van der Waals surface area contributed by atoms with E-state index < -0.39 is 28.5 Å². The van der Waals surface area contributed by atoms with Crippen LogP contribution in [0.5, 0.6) is 23.0 Å². The van der Waals surface area contributed by atoms with Gasteiger partial charge in [-0.15, -0.1) is 0 Å². The average Bonchev–Trinajstić information content (AvgIpc) is 3.03. The molecule has 0 saturated carbocycles. The van der Waals surface area contributed by atoms with Crippen LogP contribution in [0.25, 0.3) is 0 Å². The summed E-state index contributed by atoms with van der Waals surface area (Å²) in [5.74, 6) is 0.0618. The predicted octanol–water partition coefficient (Wildman–Crippen LogP) is 4.51. The quantitative estimate of drug-likeness (QED) is 0.256. The summed E-state index contributed by atoms with van der Waals surface area (Å²) in [7, 11) is 1.22. The Morgan fingerprint density at radius 2 is 1.48 bits per heavy atom. The van der Waals surface area contributed by atoms with E-state index in [2.05, 4.69) is 5.32 Å². The van der Waals surface area contributed by atoms with Crippen molar-refractivity contribution in [2.75, 3.05) is 45.8 Å². The van der Waals surface area contributed by atoms with Crippen molar-refractivity contribution in [2.24, 2.45) is 0 Å². The van der Waals surface area contributed by atoms with Crippen molar-refractivity contribution < 1.29 is 37.0 Å². The maximum Gasteiger partial charge on any atom is 0.265 e. The Bertz CT molecular complexity index is 1550. The predicted molar refractivity (Wildman–Crippen MR) is 168 cm³/mol. The second kappa shape index (κ2) is 15.5. The number of hydrogen-bond acceptors (Lipinski definition) is 8. The Hall–Kier alpha value is -4.16. The molecule has 13 heteroatoms. The van der Waals surface area contributed by atoms with E-state index in [0.717, 1.165) is 4.31 Å². The monoisotopic (exact) mass is 647 g/mol. The van der Waals surface area contributed by atoms with Crippen LogP contribution in [0.3, 0.4) is 0 Å². The Morgan fingerprint density at radius 3 is 2.05 bits per heavy atom. The van der Waals surface area contributed by atoms with E-state index >= 15 is 0 Å². The molecule has 0 aliphatic heterocycles. The van der Waals surface area contributed by atoms with Crippen LogP contribution in [0.2, 0.25) is 5.02 Å². The van der Waals surface area contributed by atoms with Gasteiger partial charge < -0.3 is 29.2 Å². The summed E-state index contributed by atoms with van der Waals surface area (Å²) in [4.78, 5) is 28.6. The zero-order chi connectivity index (χ0) is 32.4. The van der Waals surface area contributed by atoms with Crippen LogP contribution in [-0.2, 0) is 26.2 Å². The highest BCUT2D eigenvalue weighted by Crippen LogP contribution is 2.38. The van der Waals surface area contributed by atoms with Crippen LogP contribution >= 0.6 is 11.6 Å². The molecule has 0 spiro atoms. The molecular formula is C31H38ClN3O8S. The van der Waals surface area contributed by atoms with E-state index in [0.29, 0.717) is 28.6 Å². The van der Waals surface area contributed by atoms with Gasteiger partial charge in [-0.1, -0.05) is 30.7 Å². The molecule has 0 saturated heterocycles. The van der Waals surface area contributed by atoms with Gasteiger partial charge in [-0.25, -0.2) is 8.42 Å². The van der Waals surface area contributed by atoms with E-state index in [1.54, 1.807) is 50.2 Å². The molecular weight excluding hydrogens is 610 g/mol. The van der Waals surface area contributed by atoms with Gasteiger partial charge in [0.25, 0.3) is 10.0 Å². The molecule has 0 bridgehead atoms. The Balaban J connectivity index is 2.19. The third-order valence-corrected chi connectivity index (χ3v) is 8.89. The number of methoxy groups -OCH3 is 4. The topological polar surface area (TPSA) is 124 Å². The lowest BCUT2D eigenvalue weighted by Crippen LogP contribution is -2.52. The summed E-state index contributed by atoms with van der Waals surface area (Å²) in [5, 5.41) is 3.29. The lowest BCUT2D eigenvalue weighted by atomic mass is 10.1. The van der Waals surface area contributed by atoms with Crippen LogP contribution < -0.4 is 28.6 Å². The molecule has 0 radical (unpaired) electrons. The molecule has 0 aromatic heterocycles. The van der Waals surface area contributed by atoms with Crippen molar-refractivity contribution in [1.82, 2.24) is 10.2 Å². The maximum atomic E-state index is 14.4. The van der Waals surface area contributed by atoms with E-state index in [1.165, 1.54) is 57.6 Å². The van der Waals surface area contributed by atoms with Crippen LogP contribution in [0, 0.1) is 0 Å². The van der Waals surface area contributed by atoms with Gasteiger partial charge in [0.2, 0.25) is 11.8 Å². The number of nitrogens with zero attached hydrogens (tertiary/aromatic N) is 2. The van der Waals surface area contributed by atoms with Crippen molar-refractivity contribution in [2.45, 2.75) is 37.8 Å². The number of benzene rings is 3. The minimum atomic E-state index is -4.44. The lowest BCUT2D eigenvalue weighted by Gasteiger charge is -2.33. The zero-order valence-electron chi connectivity index (χ0n) is 25.6. The molecule has 3 aromatic carbocycles. The molecule has 0 aliphatic carbocycles. The first-order valence-electron chi connectivity index (χ1n) is 13.8. The van der Waals surface area contributed by atoms with E-state index in [9.17, 15) is 18.0 Å². The fourth-order valence-corrected chi connectivity index (χ4v) is 6.17. The first-order valence-corrected chi connectivity index (χ1v) is 15.6. The Labute approximate surface area is 263 Å². The standard InChI is InChI=1S/C31H38ClN3O8S/c1-7-25(31(37)33-8-2)34(19-21-9-11-22(32)12-10-21)30(36)20-35(26-17-23(40-3)13-15-27(26)41-4)44(38,39)24-14-16-28(42-5)29(18-24)43-6/h9-18,25H,7-8,19-20H2,1-6H3,(H,33,37). The second-order valence-electron chi connectivity index (χ2n) is 9.53. The van der Waals surface area contributed by atoms with Gasteiger partial charge in [0.1, 0.15) is 24.1 Å². The van der Waals surface area contributed by atoms with Crippen LogP contribution in [0.4, 0.5) is 5.69 Å². The molecule has 1 unspecified atom stereocenters. The largest absolute Gasteiger partial charge is 0.497 e. The summed E-state index contributed by atoms with van der Waals surface area (Å²) in [6.07, 6.45) is 0.288. The lowest BCUT2D eigenvalue weighted by molar-refractivity contribution is -0.140. The van der Waals surface area contributed by atoms with E-state index in [1.807, 2.05) is 0 Å². The molecule has 0 fully saturated rings. The van der Waals surface area contributed by atoms with Crippen LogP contribution in [0.15, 0.2) is 65.6 Å². The molecule has 44 heavy (non-hydrogen) atoms. The third kappa shape index (κ3) is 7.86. The fraction of sp³-hybridized carbons (Fsp3) is 0.355. The molecule has 11 nitrogen and oxygen atoms in total. The summed E-state index contributed by atoms with van der Waals surface area (Å²) < 4.78 is 51.2. The number of ether oxygens (including phenoxy) is 4. The number of amides is 2. The highest BCUT2D eigenvalue weighted by atomic mass is 35.5. The zero-order valence-corrected chi connectivity index (χ0v) is 27.2. The van der Waals surface area contributed by atoms with Gasteiger partial charge in [-0.3, -0.25) is 13.9 Å². The number of rotatable bonds is 15. The van der Waals surface area contributed by atoms with Crippen LogP contribution in [0.1, 0.15) is 25.8 Å². The van der Waals surface area contributed by atoms with E-state index in [4.69, 9.17) is 30.5 Å². The minimum Gasteiger partial charge on any atom is -0.497 e. The number of carbonyl (C=O) groups excluding carboxylic acids is 2. The molecule has 1 atom stereocenters. The normalized spacial score (nSPS) is 11.7. The van der Waals surface area contributed by atoms with Crippen molar-refractivity contribution in [3.63, 3.8) is 0 Å². The van der Waals surface area contributed by atoms with Gasteiger partial charge in [-0.05, 0) is 55.3 Å². The molecule has 3 aromatic rings. The number of nitrogens with one attached hydrogen (secondary N) is 1. The minimum absolute atomic E-state index is 0.0329. The molecule has 0 aliphatic rings. The molecule has 0 heterocycles. The van der Waals surface area contributed by atoms with Crippen LogP contribution in [-0.4, -0.2) is 72.7 Å². The van der Waals surface area contributed by atoms with Crippen molar-refractivity contribution in [3.8, 4) is 23.0 Å². The Morgan fingerprint density at radius 1 is 0.841 bits per heavy atom. The molecule has 238 valence electrons. The number of sulfonamides is 1. The second-order valence-corrected chi connectivity index (χ2v) is 11.8. The summed E-state index contributed by atoms with van der Waals surface area (Å²) in [5.41, 5.74) is 0.770. The van der Waals surface area contributed by atoms with Crippen molar-refractivity contribution in [1.29, 1.82) is 0 Å². The maximum absolute atomic E-state index is 14.4. The van der Waals surface area contributed by atoms with Crippen molar-refractivity contribution in [3.05, 3.63) is 71.2 Å². The summed E-state index contributed by atoms with van der Waals surface area (Å²) >= 11 is 6.07. The number of likely N-dealkylation sites (N-methyl/N-ethyl adjacent to an activating group) is 1. The number of halogens is 1. The molecule has 2 amide bonds. The first kappa shape index (κ1) is 34.3. The highest BCUT2D eigenvalue weighted by molar-refractivity contribution is 7.92. The van der Waals surface area contributed by atoms with Gasteiger partial charge >= 0.3 is 0 Å². The first-order chi connectivity index (χ1) is 21.0. The van der Waals surface area contributed by atoms with Gasteiger partial charge in [0.05, 0.1) is 39.0 Å². The molecule has 1 N–H and O–H groups in total. The number of anilines is 1. The average molecular weight is 648 g/mol. The van der Waals surface area contributed by atoms with E-state index in [-0.39, 0.29) is 41.0 Å². The fourth-order valence-electron chi connectivity index (χ4n) is 4.61. The Kier molecular flexibility index (Phi) is 12.1. The highest BCUT2D eigenvalue weighted by Gasteiger charge is 2.35. The number of hydrogen-bond donors (Lipinski definition) is 1. The van der Waals surface area contributed by atoms with Gasteiger partial charge in [0, 0.05) is 30.2 Å². The summed E-state index contributed by atoms with van der Waals surface area (Å²) in [6, 6.07) is 14.7. The number of carbonyl (C=O) groups is 2. The summed E-state index contributed by atoms with van der Waals surface area (Å²) in [6.45, 7) is 3.29.